The fourth-order valence-electron chi connectivity index (χ4n) is 1.61. The summed E-state index contributed by atoms with van der Waals surface area (Å²) in [5.41, 5.74) is 2.73. The molecule has 0 saturated carbocycles. The maximum atomic E-state index is 5.17. The number of aromatic nitrogens is 3. The van der Waals surface area contributed by atoms with Crippen molar-refractivity contribution in [2.45, 2.75) is 13.5 Å². The second-order valence-corrected chi connectivity index (χ2v) is 5.14. The lowest BCUT2D eigenvalue weighted by atomic mass is 10.2. The van der Waals surface area contributed by atoms with Crippen LogP contribution in [0.15, 0.2) is 18.3 Å². The van der Waals surface area contributed by atoms with Crippen molar-refractivity contribution < 1.29 is 4.74 Å². The molecule has 0 fully saturated rings. The number of halogens is 1. The Morgan fingerprint density at radius 3 is 2.68 bits per heavy atom. The molecule has 19 heavy (non-hydrogen) atoms. The molecule has 2 heterocycles. The zero-order valence-electron chi connectivity index (χ0n) is 11.1. The SMILES string of the molecule is CNc1nc(-c2ccc(C)cn2)nc(COC)c1I. The maximum Gasteiger partial charge on any atom is 0.180 e. The first-order valence-corrected chi connectivity index (χ1v) is 6.89. The van der Waals surface area contributed by atoms with Crippen molar-refractivity contribution in [2.75, 3.05) is 19.5 Å². The standard InChI is InChI=1S/C13H15IN4O/c1-8-4-5-9(16-6-8)12-17-10(7-19-3)11(14)13(15-2)18-12/h4-6H,7H2,1-3H3,(H,15,17,18). The third kappa shape index (κ3) is 3.19. The second kappa shape index (κ2) is 6.25. The van der Waals surface area contributed by atoms with Crippen molar-refractivity contribution in [2.24, 2.45) is 0 Å². The molecule has 0 unspecified atom stereocenters. The smallest absolute Gasteiger partial charge is 0.180 e. The molecule has 100 valence electrons. The Balaban J connectivity index is 2.51. The molecule has 0 saturated heterocycles. The maximum absolute atomic E-state index is 5.17. The van der Waals surface area contributed by atoms with Gasteiger partial charge in [-0.2, -0.15) is 0 Å². The topological polar surface area (TPSA) is 59.9 Å². The van der Waals surface area contributed by atoms with Gasteiger partial charge in [0, 0.05) is 20.4 Å². The monoisotopic (exact) mass is 370 g/mol. The van der Waals surface area contributed by atoms with E-state index in [4.69, 9.17) is 4.74 Å². The van der Waals surface area contributed by atoms with E-state index in [9.17, 15) is 0 Å². The van der Waals surface area contributed by atoms with Crippen molar-refractivity contribution in [1.82, 2.24) is 15.0 Å². The van der Waals surface area contributed by atoms with Crippen LogP contribution in [-0.2, 0) is 11.3 Å². The Kier molecular flexibility index (Phi) is 4.65. The van der Waals surface area contributed by atoms with E-state index >= 15 is 0 Å². The summed E-state index contributed by atoms with van der Waals surface area (Å²) < 4.78 is 6.15. The average Bonchev–Trinajstić information content (AvgIpc) is 2.42. The van der Waals surface area contributed by atoms with E-state index in [0.717, 1.165) is 26.3 Å². The van der Waals surface area contributed by atoms with E-state index in [2.05, 4.69) is 42.9 Å². The number of ether oxygens (including phenoxy) is 1. The van der Waals surface area contributed by atoms with Crippen molar-refractivity contribution in [3.8, 4) is 11.5 Å². The first-order valence-electron chi connectivity index (χ1n) is 5.82. The molecular weight excluding hydrogens is 355 g/mol. The summed E-state index contributed by atoms with van der Waals surface area (Å²) in [5.74, 6) is 1.40. The number of nitrogens with zero attached hydrogens (tertiary/aromatic N) is 3. The van der Waals surface area contributed by atoms with E-state index in [-0.39, 0.29) is 0 Å². The third-order valence-electron chi connectivity index (χ3n) is 2.58. The van der Waals surface area contributed by atoms with Gasteiger partial charge in [0.1, 0.15) is 11.5 Å². The van der Waals surface area contributed by atoms with E-state index < -0.39 is 0 Å². The van der Waals surface area contributed by atoms with Gasteiger partial charge in [0.05, 0.1) is 15.9 Å². The molecule has 0 aliphatic rings. The molecular formula is C13H15IN4O. The van der Waals surface area contributed by atoms with Gasteiger partial charge in [-0.25, -0.2) is 9.97 Å². The van der Waals surface area contributed by atoms with Crippen LogP contribution in [0.5, 0.6) is 0 Å². The van der Waals surface area contributed by atoms with Crippen LogP contribution in [0.25, 0.3) is 11.5 Å². The number of nitrogens with one attached hydrogen (secondary N) is 1. The Morgan fingerprint density at radius 1 is 1.32 bits per heavy atom. The fraction of sp³-hybridized carbons (Fsp3) is 0.308. The Labute approximate surface area is 126 Å². The molecule has 2 aromatic rings. The van der Waals surface area contributed by atoms with Crippen LogP contribution < -0.4 is 5.32 Å². The number of hydrogen-bond donors (Lipinski definition) is 1. The Hall–Kier alpha value is -1.28. The zero-order chi connectivity index (χ0) is 13.8. The van der Waals surface area contributed by atoms with E-state index in [1.54, 1.807) is 7.11 Å². The second-order valence-electron chi connectivity index (χ2n) is 4.06. The van der Waals surface area contributed by atoms with Crippen LogP contribution in [0, 0.1) is 10.5 Å². The largest absolute Gasteiger partial charge is 0.378 e. The predicted octanol–water partition coefficient (Wildman–Crippen LogP) is 2.64. The average molecular weight is 370 g/mol. The molecule has 0 radical (unpaired) electrons. The molecule has 0 atom stereocenters. The van der Waals surface area contributed by atoms with Gasteiger partial charge in [-0.3, -0.25) is 4.98 Å². The van der Waals surface area contributed by atoms with Gasteiger partial charge in [-0.05, 0) is 41.1 Å². The van der Waals surface area contributed by atoms with Crippen molar-refractivity contribution in [3.63, 3.8) is 0 Å². The molecule has 6 heteroatoms. The number of hydrogen-bond acceptors (Lipinski definition) is 5. The quantitative estimate of drug-likeness (QED) is 0.839. The summed E-state index contributed by atoms with van der Waals surface area (Å²) in [7, 11) is 3.49. The van der Waals surface area contributed by atoms with Gasteiger partial charge in [0.25, 0.3) is 0 Å². The van der Waals surface area contributed by atoms with Crippen molar-refractivity contribution >= 4 is 28.4 Å². The highest BCUT2D eigenvalue weighted by molar-refractivity contribution is 14.1. The minimum Gasteiger partial charge on any atom is -0.378 e. The number of rotatable bonds is 4. The fourth-order valence-corrected chi connectivity index (χ4v) is 2.27. The summed E-state index contributed by atoms with van der Waals surface area (Å²) in [4.78, 5) is 13.4. The highest BCUT2D eigenvalue weighted by atomic mass is 127. The predicted molar refractivity (Wildman–Crippen MR) is 83.0 cm³/mol. The summed E-state index contributed by atoms with van der Waals surface area (Å²) >= 11 is 2.22. The summed E-state index contributed by atoms with van der Waals surface area (Å²) in [6.45, 7) is 2.45. The lowest BCUT2D eigenvalue weighted by Gasteiger charge is -2.10. The highest BCUT2D eigenvalue weighted by Crippen LogP contribution is 2.23. The van der Waals surface area contributed by atoms with Crippen LogP contribution in [0.2, 0.25) is 0 Å². The van der Waals surface area contributed by atoms with Gasteiger partial charge in [0.2, 0.25) is 0 Å². The van der Waals surface area contributed by atoms with Gasteiger partial charge in [0.15, 0.2) is 5.82 Å². The normalized spacial score (nSPS) is 10.5. The number of anilines is 1. The van der Waals surface area contributed by atoms with Crippen LogP contribution in [0.4, 0.5) is 5.82 Å². The lowest BCUT2D eigenvalue weighted by molar-refractivity contribution is 0.181. The first kappa shape index (κ1) is 14.1. The first-order chi connectivity index (χ1) is 9.15. The number of methoxy groups -OCH3 is 1. The number of aryl methyl sites for hydroxylation is 1. The van der Waals surface area contributed by atoms with Crippen LogP contribution >= 0.6 is 22.6 Å². The molecule has 0 bridgehead atoms. The Bertz CT molecular complexity index is 572. The van der Waals surface area contributed by atoms with Crippen molar-refractivity contribution in [3.05, 3.63) is 33.2 Å². The van der Waals surface area contributed by atoms with E-state index in [1.807, 2.05) is 32.3 Å². The molecule has 0 spiro atoms. The molecule has 5 nitrogen and oxygen atoms in total. The van der Waals surface area contributed by atoms with Gasteiger partial charge >= 0.3 is 0 Å². The van der Waals surface area contributed by atoms with Crippen LogP contribution in [0.3, 0.4) is 0 Å². The van der Waals surface area contributed by atoms with E-state index in [0.29, 0.717) is 12.4 Å². The molecule has 0 aliphatic carbocycles. The van der Waals surface area contributed by atoms with E-state index in [1.165, 1.54) is 0 Å². The lowest BCUT2D eigenvalue weighted by Crippen LogP contribution is -2.06. The van der Waals surface area contributed by atoms with Gasteiger partial charge in [-0.1, -0.05) is 6.07 Å². The van der Waals surface area contributed by atoms with Crippen LogP contribution in [0.1, 0.15) is 11.3 Å². The molecule has 0 amide bonds. The van der Waals surface area contributed by atoms with Gasteiger partial charge < -0.3 is 10.1 Å². The zero-order valence-corrected chi connectivity index (χ0v) is 13.2. The molecule has 2 aromatic heterocycles. The summed E-state index contributed by atoms with van der Waals surface area (Å²) in [5, 5.41) is 3.07. The molecule has 0 aliphatic heterocycles. The molecule has 0 aromatic carbocycles. The van der Waals surface area contributed by atoms with Crippen molar-refractivity contribution in [1.29, 1.82) is 0 Å². The third-order valence-corrected chi connectivity index (χ3v) is 3.71. The minimum atomic E-state index is 0.453. The number of pyridine rings is 1. The van der Waals surface area contributed by atoms with Crippen LogP contribution in [-0.4, -0.2) is 29.1 Å². The summed E-state index contributed by atoms with van der Waals surface area (Å²) in [6, 6.07) is 3.92. The highest BCUT2D eigenvalue weighted by Gasteiger charge is 2.13. The van der Waals surface area contributed by atoms with Gasteiger partial charge in [-0.15, -0.1) is 0 Å². The summed E-state index contributed by atoms with van der Waals surface area (Å²) in [6.07, 6.45) is 1.81. The molecule has 2 rings (SSSR count). The minimum absolute atomic E-state index is 0.453. The Morgan fingerprint density at radius 2 is 2.11 bits per heavy atom. The molecule has 1 N–H and O–H groups in total.